The van der Waals surface area contributed by atoms with Gasteiger partial charge in [-0.05, 0) is 235 Å². The number of aryl methyl sites for hydroxylation is 9. The van der Waals surface area contributed by atoms with Crippen molar-refractivity contribution >= 4 is 98.0 Å². The molecule has 5 atom stereocenters. The first-order chi connectivity index (χ1) is 56.9. The van der Waals surface area contributed by atoms with Crippen molar-refractivity contribution in [3.8, 4) is 28.7 Å². The zero-order chi connectivity index (χ0) is 89.6. The lowest BCUT2D eigenvalue weighted by molar-refractivity contribution is -0.385. The summed E-state index contributed by atoms with van der Waals surface area (Å²) in [6.45, 7) is 50.8. The highest BCUT2D eigenvalue weighted by Gasteiger charge is 2.36. The molecule has 636 valence electrons. The molecule has 0 spiro atoms. The molecule has 0 saturated heterocycles. The first-order valence-electron chi connectivity index (χ1n) is 37.5. The number of aliphatic hydroxyl groups is 5. The normalized spacial score (nSPS) is 12.7. The summed E-state index contributed by atoms with van der Waals surface area (Å²) >= 11 is 5.93. The van der Waals surface area contributed by atoms with Crippen LogP contribution < -0.4 is 50.3 Å². The minimum atomic E-state index is -1.76. The largest absolute Gasteiger partial charge is 0.490 e. The minimum absolute atomic E-state index is 0. The molecule has 0 unspecified atom stereocenters. The van der Waals surface area contributed by atoms with Crippen LogP contribution in [-0.4, -0.2) is 121 Å². The van der Waals surface area contributed by atoms with Crippen molar-refractivity contribution in [2.24, 2.45) is 0 Å². The summed E-state index contributed by atoms with van der Waals surface area (Å²) < 4.78 is 27.4. The highest BCUT2D eigenvalue weighted by molar-refractivity contribution is 6.33. The first-order valence-corrected chi connectivity index (χ1v) is 37.9. The molecule has 0 heterocycles. The summed E-state index contributed by atoms with van der Waals surface area (Å²) in [6, 6.07) is 60.2. The van der Waals surface area contributed by atoms with Crippen LogP contribution in [0.1, 0.15) is 92.1 Å². The fourth-order valence-electron chi connectivity index (χ4n) is 10.1. The number of hydrogen-bond acceptors (Lipinski definition) is 17. The molecule has 10 rings (SSSR count). The van der Waals surface area contributed by atoms with E-state index in [4.69, 9.17) is 61.6 Å². The smallest absolute Gasteiger partial charge is 0.272 e. The maximum atomic E-state index is 12.3. The van der Waals surface area contributed by atoms with E-state index in [1.165, 1.54) is 65.0 Å². The van der Waals surface area contributed by atoms with Gasteiger partial charge in [0.05, 0.1) is 31.2 Å². The van der Waals surface area contributed by atoms with Crippen molar-refractivity contribution in [1.82, 2.24) is 0 Å². The van der Waals surface area contributed by atoms with Gasteiger partial charge in [-0.1, -0.05) is 132 Å². The number of carbonyl (C=O) groups is 5. The van der Waals surface area contributed by atoms with Gasteiger partial charge in [-0.2, -0.15) is 0 Å². The molecule has 0 saturated carbocycles. The summed E-state index contributed by atoms with van der Waals surface area (Å²) in [5.74, 6) is -0.0985. The molecular formula is C94H101ClN10O17. The van der Waals surface area contributed by atoms with E-state index in [1.54, 1.807) is 149 Å². The summed E-state index contributed by atoms with van der Waals surface area (Å²) in [4.78, 5) is 85.0. The molecule has 10 aromatic carbocycles. The second kappa shape index (κ2) is 45.3. The number of benzene rings is 10. The van der Waals surface area contributed by atoms with Gasteiger partial charge in [0, 0.05) is 45.1 Å². The maximum absolute atomic E-state index is 12.3. The Morgan fingerprint density at radius 2 is 0.516 bits per heavy atom. The number of halogens is 1. The Bertz CT molecular complexity index is 4920. The molecule has 10 aromatic rings. The average molecular weight is 1680 g/mol. The lowest BCUT2D eigenvalue weighted by atomic mass is 10.1. The third-order valence-electron chi connectivity index (χ3n) is 17.9. The van der Waals surface area contributed by atoms with Crippen LogP contribution in [0.15, 0.2) is 212 Å². The van der Waals surface area contributed by atoms with Gasteiger partial charge in [-0.15, -0.1) is 0 Å². The lowest BCUT2D eigenvalue weighted by Crippen LogP contribution is -2.45. The Hall–Kier alpha value is -14.0. The third kappa shape index (κ3) is 31.4. The van der Waals surface area contributed by atoms with Crippen LogP contribution in [0.25, 0.3) is 19.4 Å². The maximum Gasteiger partial charge on any atom is 0.272 e. The molecule has 122 heavy (non-hydrogen) atoms. The van der Waals surface area contributed by atoms with Gasteiger partial charge in [0.15, 0.2) is 45.1 Å². The predicted molar refractivity (Wildman–Crippen MR) is 474 cm³/mol. The van der Waals surface area contributed by atoms with Crippen molar-refractivity contribution in [2.75, 3.05) is 59.6 Å². The number of amides is 5. The van der Waals surface area contributed by atoms with Crippen LogP contribution >= 0.6 is 11.6 Å². The molecule has 0 radical (unpaired) electrons. The summed E-state index contributed by atoms with van der Waals surface area (Å²) in [7, 11) is 0. The molecule has 0 aliphatic rings. The van der Waals surface area contributed by atoms with Gasteiger partial charge in [0.1, 0.15) is 61.8 Å². The number of nitrogens with one attached hydrogen (secondary N) is 5. The number of nitro benzene ring substituents is 1. The van der Waals surface area contributed by atoms with E-state index in [1.807, 2.05) is 95.3 Å². The molecular weight excluding hydrogens is 1580 g/mol. The van der Waals surface area contributed by atoms with Crippen LogP contribution in [0.4, 0.5) is 56.9 Å². The predicted octanol–water partition coefficient (Wildman–Crippen LogP) is 18.5. The van der Waals surface area contributed by atoms with E-state index in [0.29, 0.717) is 85.5 Å². The Balaban J connectivity index is 0.000000271. The number of carbonyl (C=O) groups excluding carboxylic acids is 5. The highest BCUT2D eigenvalue weighted by atomic mass is 35.5. The summed E-state index contributed by atoms with van der Waals surface area (Å²) in [5, 5.41) is 75.8. The molecule has 0 aliphatic carbocycles. The monoisotopic (exact) mass is 1680 g/mol. The molecule has 5 amide bonds. The van der Waals surface area contributed by atoms with Gasteiger partial charge in [-0.25, -0.2) is 19.4 Å². The third-order valence-corrected chi connectivity index (χ3v) is 18.2. The number of hydrogen-bond donors (Lipinski definition) is 10. The number of nitrogens with zero attached hydrogens (tertiary/aromatic N) is 5. The molecule has 28 heteroatoms. The van der Waals surface area contributed by atoms with E-state index in [-0.39, 0.29) is 51.2 Å². The highest BCUT2D eigenvalue weighted by Crippen LogP contribution is 2.31. The van der Waals surface area contributed by atoms with Crippen molar-refractivity contribution in [2.45, 2.75) is 132 Å². The number of rotatable bonds is 26. The average Bonchev–Trinajstić information content (AvgIpc) is 0.845. The second-order valence-electron chi connectivity index (χ2n) is 29.5. The fraction of sp³-hybridized carbons (Fsp3) is 0.266. The molecule has 0 aromatic heterocycles. The van der Waals surface area contributed by atoms with E-state index in [9.17, 15) is 59.6 Å². The number of ether oxygens (including phenoxy) is 5. The topological polar surface area (TPSA) is 353 Å². The van der Waals surface area contributed by atoms with Gasteiger partial charge in [0.25, 0.3) is 35.2 Å². The van der Waals surface area contributed by atoms with Crippen LogP contribution in [0.5, 0.6) is 28.7 Å². The summed E-state index contributed by atoms with van der Waals surface area (Å²) in [6.07, 6.45) is 0. The number of anilines is 5. The van der Waals surface area contributed by atoms with E-state index in [2.05, 4.69) is 46.0 Å². The lowest BCUT2D eigenvalue weighted by Gasteiger charge is -2.22. The molecule has 10 N–H and O–H groups in total. The minimum Gasteiger partial charge on any atom is -0.490 e. The molecule has 0 aliphatic heterocycles. The molecule has 0 bridgehead atoms. The van der Waals surface area contributed by atoms with E-state index >= 15 is 0 Å². The SMILES string of the molecule is C.Cc1ccc(OC[C@](C)(O)C(=O)Nc2ccc([N+](=O)[O-])c(C)c2)cc1.[C-]#[N+]c1ccc(NC(=O)[C@@](C)(O)COc2ccc(C)cc2)cc1C.[C-]#[N+]c1ccc(NC(=O)[C@@](C)(O)COc2ccc(C)cc2)cc1C.[C-]#[N+]c1ccc(NC(=O)[C@@](C)(O)COc2ccc(C)cc2)cc1C.[C-]#[N+]c1ccc(NC(=O)[C@@](C)(O)COc2ccc(C)cc2)cc1Cl. The van der Waals surface area contributed by atoms with Crippen LogP contribution in [0.2, 0.25) is 5.02 Å². The number of nitro groups is 1. The van der Waals surface area contributed by atoms with Crippen molar-refractivity contribution in [3.63, 3.8) is 0 Å². The zero-order valence-electron chi connectivity index (χ0n) is 69.5. The van der Waals surface area contributed by atoms with Gasteiger partial charge in [-0.3, -0.25) is 34.1 Å². The van der Waals surface area contributed by atoms with Gasteiger partial charge >= 0.3 is 0 Å². The van der Waals surface area contributed by atoms with Crippen LogP contribution in [0, 0.1) is 98.7 Å². The van der Waals surface area contributed by atoms with Crippen molar-refractivity contribution in [3.05, 3.63) is 323 Å². The summed E-state index contributed by atoms with van der Waals surface area (Å²) in [5.41, 5.74) is 3.83. The Morgan fingerprint density at radius 3 is 0.697 bits per heavy atom. The standard InChI is InChI=1S/3C19H20N2O3.C18H17ClN2O3.C18H20N2O5.CH4/c3*1-13-5-8-16(9-6-13)24-12-19(3,23)18(22)21-15-7-10-17(20-4)14(2)11-15;1-12-4-7-14(8-5-12)24-11-18(2,23)17(22)21-13-6-9-16(20-3)15(19)10-13;1-12-4-7-15(8-5-12)25-11-18(3,22)17(21)19-14-6-9-16(20(23)24)13(2)10-14;/h3*5-11,23H,12H2,1-3H3,(H,21,22);4-10,23H,11H2,1-2H3,(H,21,22);4-10,22H,11H2,1-3H3,(H,19,21);1H4/t3*19-;2*18-;/m00000./s1. The van der Waals surface area contributed by atoms with E-state index < -0.39 is 62.5 Å². The quantitative estimate of drug-likeness (QED) is 0.0137. The van der Waals surface area contributed by atoms with Gasteiger partial charge in [0.2, 0.25) is 5.69 Å². The fourth-order valence-corrected chi connectivity index (χ4v) is 10.4. The van der Waals surface area contributed by atoms with Crippen molar-refractivity contribution < 1.29 is 78.1 Å². The Labute approximate surface area is 716 Å². The Kier molecular flexibility index (Phi) is 36.6. The second-order valence-corrected chi connectivity index (χ2v) is 29.9. The van der Waals surface area contributed by atoms with Crippen LogP contribution in [-0.2, 0) is 24.0 Å². The Morgan fingerprint density at radius 1 is 0.328 bits per heavy atom. The van der Waals surface area contributed by atoms with E-state index in [0.717, 1.165) is 44.5 Å². The van der Waals surface area contributed by atoms with Crippen molar-refractivity contribution in [1.29, 1.82) is 0 Å². The van der Waals surface area contributed by atoms with Gasteiger partial charge < -0.3 is 75.8 Å². The molecule has 27 nitrogen and oxygen atoms in total. The zero-order valence-corrected chi connectivity index (χ0v) is 70.2. The molecule has 0 fully saturated rings. The first kappa shape index (κ1) is 98.6. The van der Waals surface area contributed by atoms with Crippen LogP contribution in [0.3, 0.4) is 0 Å².